The fraction of sp³-hybridized carbons (Fsp3) is 0. The number of fused-ring (bicyclic) bond motifs is 9. The molecule has 0 N–H and O–H groups in total. The van der Waals surface area contributed by atoms with Gasteiger partial charge in [-0.15, -0.1) is 0 Å². The Morgan fingerprint density at radius 1 is 0.333 bits per heavy atom. The highest BCUT2D eigenvalue weighted by Crippen LogP contribution is 2.44. The normalized spacial score (nSPS) is 11.5. The summed E-state index contributed by atoms with van der Waals surface area (Å²) < 4.78 is 6.72. The summed E-state index contributed by atoms with van der Waals surface area (Å²) in [6.07, 6.45) is 0. The van der Waals surface area contributed by atoms with Crippen molar-refractivity contribution in [2.45, 2.75) is 0 Å². The molecule has 0 radical (unpaired) electrons. The molecule has 262 valence electrons. The van der Waals surface area contributed by atoms with Crippen LogP contribution < -0.4 is 0 Å². The lowest BCUT2D eigenvalue weighted by Crippen LogP contribution is -2.05. The first-order chi connectivity index (χ1) is 28.2. The third kappa shape index (κ3) is 4.49. The second-order valence-corrected chi connectivity index (χ2v) is 14.2. The third-order valence-electron chi connectivity index (χ3n) is 11.3. The number of hydrogen-bond acceptors (Lipinski definition) is 3. The second-order valence-electron chi connectivity index (χ2n) is 14.2. The van der Waals surface area contributed by atoms with E-state index in [1.807, 2.05) is 66.7 Å². The molecule has 6 nitrogen and oxygen atoms in total. The Bertz CT molecular complexity index is 3580. The van der Waals surface area contributed by atoms with Crippen LogP contribution in [0, 0.1) is 34.0 Å². The van der Waals surface area contributed by atoms with Crippen molar-refractivity contribution in [1.82, 2.24) is 13.7 Å². The Morgan fingerprint density at radius 2 is 0.772 bits per heavy atom. The SMILES string of the molecule is N#Cc1ccc2c(c1)c1ccccc1n2-c1c(C#N)cccc1-c1cccc(C#N)c1-n1c2ccccc2c2c(-n3c4ccccc4c4ccccc43)cccc21. The van der Waals surface area contributed by atoms with Gasteiger partial charge in [0.1, 0.15) is 12.1 Å². The van der Waals surface area contributed by atoms with Crippen LogP contribution in [0.2, 0.25) is 0 Å². The number of nitriles is 3. The Hall–Kier alpha value is -8.37. The fourth-order valence-electron chi connectivity index (χ4n) is 9.08. The van der Waals surface area contributed by atoms with E-state index in [1.165, 1.54) is 10.8 Å². The van der Waals surface area contributed by atoms with Crippen LogP contribution in [0.3, 0.4) is 0 Å². The van der Waals surface area contributed by atoms with Gasteiger partial charge in [-0.05, 0) is 66.7 Å². The highest BCUT2D eigenvalue weighted by atomic mass is 15.0. The minimum absolute atomic E-state index is 0.490. The van der Waals surface area contributed by atoms with Crippen LogP contribution in [0.25, 0.3) is 93.6 Å². The van der Waals surface area contributed by atoms with E-state index in [0.717, 1.165) is 77.1 Å². The summed E-state index contributed by atoms with van der Waals surface area (Å²) in [4.78, 5) is 0. The lowest BCUT2D eigenvalue weighted by atomic mass is 9.95. The fourth-order valence-corrected chi connectivity index (χ4v) is 9.08. The molecule has 3 aromatic heterocycles. The van der Waals surface area contributed by atoms with Gasteiger partial charge in [-0.3, -0.25) is 0 Å². The lowest BCUT2D eigenvalue weighted by molar-refractivity contribution is 1.14. The quantitative estimate of drug-likeness (QED) is 0.181. The number of aromatic nitrogens is 3. The van der Waals surface area contributed by atoms with Crippen molar-refractivity contribution in [3.8, 4) is 46.4 Å². The molecule has 0 aliphatic rings. The molecule has 0 fully saturated rings. The summed E-state index contributed by atoms with van der Waals surface area (Å²) in [5.41, 5.74) is 11.6. The van der Waals surface area contributed by atoms with E-state index in [9.17, 15) is 15.8 Å². The smallest absolute Gasteiger partial charge is 0.101 e. The molecule has 0 amide bonds. The van der Waals surface area contributed by atoms with Crippen LogP contribution in [0.15, 0.2) is 170 Å². The Balaban J connectivity index is 1.26. The minimum atomic E-state index is 0.490. The molecule has 6 heteroatoms. The van der Waals surface area contributed by atoms with Gasteiger partial charge in [0.25, 0.3) is 0 Å². The van der Waals surface area contributed by atoms with Crippen molar-refractivity contribution in [2.75, 3.05) is 0 Å². The standard InChI is InChI=1S/C51H28N6/c52-29-32-26-27-46-41(28-32)37-16-3-7-22-44(37)56(46)50-33(30-53)12-9-18-38(50)39-19-10-13-34(31-54)51(39)57-45-23-8-4-17-40(45)49-47(24-11-25-48(49)57)55-42-20-5-1-14-35(42)36-15-2-6-21-43(36)55/h1-28H. The number of hydrogen-bond donors (Lipinski definition) is 0. The maximum Gasteiger partial charge on any atom is 0.101 e. The summed E-state index contributed by atoms with van der Waals surface area (Å²) in [5, 5.41) is 37.9. The zero-order valence-electron chi connectivity index (χ0n) is 30.3. The van der Waals surface area contributed by atoms with Gasteiger partial charge in [-0.2, -0.15) is 15.8 Å². The van der Waals surface area contributed by atoms with E-state index < -0.39 is 0 Å². The van der Waals surface area contributed by atoms with E-state index in [1.54, 1.807) is 0 Å². The van der Waals surface area contributed by atoms with E-state index in [2.05, 4.69) is 135 Å². The van der Waals surface area contributed by atoms with Crippen molar-refractivity contribution < 1.29 is 0 Å². The maximum atomic E-state index is 10.9. The van der Waals surface area contributed by atoms with Gasteiger partial charge in [0.05, 0.1) is 72.9 Å². The first-order valence-corrected chi connectivity index (χ1v) is 18.7. The van der Waals surface area contributed by atoms with E-state index in [-0.39, 0.29) is 0 Å². The predicted octanol–water partition coefficient (Wildman–Crippen LogP) is 12.3. The molecular weight excluding hydrogens is 697 g/mol. The molecule has 11 rings (SSSR count). The monoisotopic (exact) mass is 724 g/mol. The van der Waals surface area contributed by atoms with Crippen molar-refractivity contribution in [3.05, 3.63) is 187 Å². The molecule has 0 saturated carbocycles. The third-order valence-corrected chi connectivity index (χ3v) is 11.3. The first-order valence-electron chi connectivity index (χ1n) is 18.7. The zero-order chi connectivity index (χ0) is 38.2. The number of benzene rings is 8. The van der Waals surface area contributed by atoms with Crippen molar-refractivity contribution in [3.63, 3.8) is 0 Å². The van der Waals surface area contributed by atoms with Crippen molar-refractivity contribution in [2.24, 2.45) is 0 Å². The summed E-state index contributed by atoms with van der Waals surface area (Å²) in [7, 11) is 0. The molecule has 57 heavy (non-hydrogen) atoms. The average molecular weight is 725 g/mol. The Labute approximate surface area is 326 Å². The molecule has 0 saturated heterocycles. The lowest BCUT2D eigenvalue weighted by Gasteiger charge is -2.20. The van der Waals surface area contributed by atoms with Gasteiger partial charge >= 0.3 is 0 Å². The summed E-state index contributed by atoms with van der Waals surface area (Å²) in [6.45, 7) is 0. The van der Waals surface area contributed by atoms with Gasteiger partial charge in [0.15, 0.2) is 0 Å². The van der Waals surface area contributed by atoms with E-state index in [4.69, 9.17) is 0 Å². The van der Waals surface area contributed by atoms with Crippen molar-refractivity contribution in [1.29, 1.82) is 15.8 Å². The van der Waals surface area contributed by atoms with Crippen LogP contribution in [-0.4, -0.2) is 13.7 Å². The topological polar surface area (TPSA) is 86.2 Å². The molecule has 0 bridgehead atoms. The second kappa shape index (κ2) is 12.3. The van der Waals surface area contributed by atoms with Crippen LogP contribution in [-0.2, 0) is 0 Å². The van der Waals surface area contributed by atoms with Crippen LogP contribution in [0.1, 0.15) is 16.7 Å². The molecule has 0 spiro atoms. The molecule has 0 atom stereocenters. The van der Waals surface area contributed by atoms with Gasteiger partial charge in [0.2, 0.25) is 0 Å². The first kappa shape index (κ1) is 32.1. The maximum absolute atomic E-state index is 10.9. The zero-order valence-corrected chi connectivity index (χ0v) is 30.3. The molecule has 0 aliphatic heterocycles. The number of nitrogens with zero attached hydrogens (tertiary/aromatic N) is 6. The predicted molar refractivity (Wildman–Crippen MR) is 229 cm³/mol. The van der Waals surface area contributed by atoms with Gasteiger partial charge in [-0.25, -0.2) is 0 Å². The summed E-state index contributed by atoms with van der Waals surface area (Å²) in [6, 6.07) is 64.6. The van der Waals surface area contributed by atoms with E-state index >= 15 is 0 Å². The number of rotatable bonds is 4. The largest absolute Gasteiger partial charge is 0.309 e. The average Bonchev–Trinajstić information content (AvgIpc) is 3.91. The summed E-state index contributed by atoms with van der Waals surface area (Å²) in [5.74, 6) is 0. The van der Waals surface area contributed by atoms with Gasteiger partial charge < -0.3 is 13.7 Å². The minimum Gasteiger partial charge on any atom is -0.309 e. The molecule has 3 heterocycles. The summed E-state index contributed by atoms with van der Waals surface area (Å²) >= 11 is 0. The van der Waals surface area contributed by atoms with Crippen LogP contribution in [0.4, 0.5) is 0 Å². The van der Waals surface area contributed by atoms with E-state index in [0.29, 0.717) is 22.4 Å². The Morgan fingerprint density at radius 3 is 1.33 bits per heavy atom. The molecule has 8 aromatic carbocycles. The van der Waals surface area contributed by atoms with Crippen molar-refractivity contribution >= 4 is 65.4 Å². The van der Waals surface area contributed by atoms with Gasteiger partial charge in [-0.1, -0.05) is 103 Å². The van der Waals surface area contributed by atoms with Crippen LogP contribution >= 0.6 is 0 Å². The molecule has 0 aliphatic carbocycles. The Kier molecular flexibility index (Phi) is 6.95. The van der Waals surface area contributed by atoms with Gasteiger partial charge in [0, 0.05) is 43.4 Å². The molecular formula is C51H28N6. The molecule has 0 unspecified atom stereocenters. The van der Waals surface area contributed by atoms with Crippen LogP contribution in [0.5, 0.6) is 0 Å². The molecule has 11 aromatic rings. The highest BCUT2D eigenvalue weighted by molar-refractivity contribution is 6.17. The number of para-hydroxylation sites is 6. The highest BCUT2D eigenvalue weighted by Gasteiger charge is 2.25.